The summed E-state index contributed by atoms with van der Waals surface area (Å²) in [6.07, 6.45) is 13.5. The van der Waals surface area contributed by atoms with Crippen molar-refractivity contribution in [2.45, 2.75) is 64.8 Å². The van der Waals surface area contributed by atoms with E-state index in [0.29, 0.717) is 11.6 Å². The Bertz CT molecular complexity index is 643. The molecule has 0 aliphatic rings. The minimum atomic E-state index is 0.600. The molecule has 0 unspecified atom stereocenters. The highest BCUT2D eigenvalue weighted by Gasteiger charge is 2.04. The average molecular weight is 379 g/mol. The number of aryl methyl sites for hydroxylation is 2. The van der Waals surface area contributed by atoms with Gasteiger partial charge >= 0.3 is 0 Å². The highest BCUT2D eigenvalue weighted by atomic mass is 35.5. The first-order chi connectivity index (χ1) is 12.7. The van der Waals surface area contributed by atoms with Crippen molar-refractivity contribution in [3.05, 3.63) is 41.4 Å². The first-order valence-corrected chi connectivity index (χ1v) is 10.1. The Morgan fingerprint density at radius 2 is 1.88 bits per heavy atom. The maximum atomic E-state index is 6.17. The number of hydrogen-bond acceptors (Lipinski definition) is 3. The number of rotatable bonds is 13. The molecule has 0 fully saturated rings. The van der Waals surface area contributed by atoms with E-state index in [0.717, 1.165) is 30.9 Å². The Kier molecular flexibility index (Phi) is 9.40. The summed E-state index contributed by atoms with van der Waals surface area (Å²) in [6, 6.07) is 5.51. The quantitative estimate of drug-likeness (QED) is 0.406. The van der Waals surface area contributed by atoms with Crippen LogP contribution in [0.2, 0.25) is 5.02 Å². The smallest absolute Gasteiger partial charge is 0.138 e. The molecule has 0 saturated carbocycles. The third kappa shape index (κ3) is 6.91. The molecule has 0 aliphatic carbocycles. The van der Waals surface area contributed by atoms with Gasteiger partial charge in [0.25, 0.3) is 0 Å². The lowest BCUT2D eigenvalue weighted by atomic mass is 10.1. The Labute approximate surface area is 162 Å². The zero-order valence-electron chi connectivity index (χ0n) is 16.0. The number of halogens is 1. The summed E-state index contributed by atoms with van der Waals surface area (Å²) in [7, 11) is 1.63. The van der Waals surface area contributed by atoms with Crippen molar-refractivity contribution in [3.8, 4) is 11.5 Å². The van der Waals surface area contributed by atoms with Crippen LogP contribution >= 0.6 is 11.6 Å². The molecule has 0 spiro atoms. The van der Waals surface area contributed by atoms with Crippen molar-refractivity contribution in [3.63, 3.8) is 0 Å². The average Bonchev–Trinajstić information content (AvgIpc) is 3.10. The Morgan fingerprint density at radius 1 is 1.08 bits per heavy atom. The molecule has 0 saturated heterocycles. The molecular formula is C21H31ClN2O2. The first kappa shape index (κ1) is 20.6. The van der Waals surface area contributed by atoms with Gasteiger partial charge in [-0.2, -0.15) is 0 Å². The van der Waals surface area contributed by atoms with Crippen molar-refractivity contribution in [2.75, 3.05) is 13.7 Å². The predicted octanol–water partition coefficient (Wildman–Crippen LogP) is 5.92. The van der Waals surface area contributed by atoms with Gasteiger partial charge in [0.15, 0.2) is 0 Å². The Balaban J connectivity index is 1.54. The van der Waals surface area contributed by atoms with E-state index in [1.54, 1.807) is 13.2 Å². The number of hydrogen-bond donors (Lipinski definition) is 0. The highest BCUT2D eigenvalue weighted by Crippen LogP contribution is 2.28. The molecule has 0 N–H and O–H groups in total. The van der Waals surface area contributed by atoms with Crippen LogP contribution in [0, 0.1) is 0 Å². The van der Waals surface area contributed by atoms with E-state index < -0.39 is 0 Å². The molecule has 0 radical (unpaired) electrons. The van der Waals surface area contributed by atoms with E-state index in [2.05, 4.69) is 22.7 Å². The molecule has 0 atom stereocenters. The normalized spacial score (nSPS) is 10.9. The van der Waals surface area contributed by atoms with Gasteiger partial charge < -0.3 is 14.0 Å². The number of ether oxygens (including phenoxy) is 2. The van der Waals surface area contributed by atoms with Gasteiger partial charge in [-0.15, -0.1) is 0 Å². The maximum Gasteiger partial charge on any atom is 0.138 e. The number of unbranched alkanes of at least 4 members (excludes halogenated alkanes) is 5. The molecule has 1 aromatic carbocycles. The molecular weight excluding hydrogens is 348 g/mol. The number of aromatic nitrogens is 2. The zero-order chi connectivity index (χ0) is 18.6. The molecule has 26 heavy (non-hydrogen) atoms. The summed E-state index contributed by atoms with van der Waals surface area (Å²) in [6.45, 7) is 4.02. The van der Waals surface area contributed by atoms with Crippen molar-refractivity contribution < 1.29 is 9.47 Å². The SMILES string of the molecule is CCCCn1ccnc1CCCCCCCOc1ccc(OC)cc1Cl. The number of nitrogens with zero attached hydrogens (tertiary/aromatic N) is 2. The van der Waals surface area contributed by atoms with Crippen LogP contribution in [0.5, 0.6) is 11.5 Å². The van der Waals surface area contributed by atoms with Gasteiger partial charge in [0, 0.05) is 31.4 Å². The van der Waals surface area contributed by atoms with Crippen LogP contribution in [0.1, 0.15) is 57.7 Å². The molecule has 0 aliphatic heterocycles. The van der Waals surface area contributed by atoms with Crippen molar-refractivity contribution in [1.29, 1.82) is 0 Å². The van der Waals surface area contributed by atoms with Gasteiger partial charge in [0.05, 0.1) is 18.7 Å². The maximum absolute atomic E-state index is 6.17. The summed E-state index contributed by atoms with van der Waals surface area (Å²) < 4.78 is 13.2. The standard InChI is InChI=1S/C21H31ClN2O2/c1-3-4-14-24-15-13-23-21(24)10-8-6-5-7-9-16-26-20-12-11-18(25-2)17-19(20)22/h11-13,15,17H,3-10,14,16H2,1-2H3. The molecule has 2 rings (SSSR count). The summed E-state index contributed by atoms with van der Waals surface area (Å²) in [5.41, 5.74) is 0. The third-order valence-electron chi connectivity index (χ3n) is 4.50. The molecule has 0 amide bonds. The fourth-order valence-corrected chi connectivity index (χ4v) is 3.15. The minimum absolute atomic E-state index is 0.600. The lowest BCUT2D eigenvalue weighted by Crippen LogP contribution is -2.03. The molecule has 2 aromatic rings. The van der Waals surface area contributed by atoms with Crippen LogP contribution in [0.3, 0.4) is 0 Å². The highest BCUT2D eigenvalue weighted by molar-refractivity contribution is 6.32. The summed E-state index contributed by atoms with van der Waals surface area (Å²) in [4.78, 5) is 4.49. The van der Waals surface area contributed by atoms with Crippen LogP contribution < -0.4 is 9.47 Å². The van der Waals surface area contributed by atoms with E-state index in [4.69, 9.17) is 21.1 Å². The number of benzene rings is 1. The molecule has 5 heteroatoms. The van der Waals surface area contributed by atoms with Crippen LogP contribution in [-0.4, -0.2) is 23.3 Å². The number of methoxy groups -OCH3 is 1. The predicted molar refractivity (Wildman–Crippen MR) is 107 cm³/mol. The van der Waals surface area contributed by atoms with Gasteiger partial charge in [0.1, 0.15) is 17.3 Å². The van der Waals surface area contributed by atoms with Crippen LogP contribution in [0.4, 0.5) is 0 Å². The Hall–Kier alpha value is -1.68. The summed E-state index contributed by atoms with van der Waals surface area (Å²) in [5.74, 6) is 2.71. The first-order valence-electron chi connectivity index (χ1n) is 9.71. The van der Waals surface area contributed by atoms with Gasteiger partial charge in [-0.3, -0.25) is 0 Å². The summed E-state index contributed by atoms with van der Waals surface area (Å²) in [5, 5.41) is 0.600. The lowest BCUT2D eigenvalue weighted by Gasteiger charge is -2.09. The fourth-order valence-electron chi connectivity index (χ4n) is 2.92. The zero-order valence-corrected chi connectivity index (χ0v) is 16.8. The van der Waals surface area contributed by atoms with Crippen molar-refractivity contribution >= 4 is 11.6 Å². The fraction of sp³-hybridized carbons (Fsp3) is 0.571. The van der Waals surface area contributed by atoms with Gasteiger partial charge in [-0.05, 0) is 31.4 Å². The van der Waals surface area contributed by atoms with Crippen LogP contribution in [0.25, 0.3) is 0 Å². The van der Waals surface area contributed by atoms with E-state index >= 15 is 0 Å². The largest absolute Gasteiger partial charge is 0.497 e. The molecule has 1 heterocycles. The second kappa shape index (κ2) is 11.8. The molecule has 144 valence electrons. The third-order valence-corrected chi connectivity index (χ3v) is 4.79. The monoisotopic (exact) mass is 378 g/mol. The van der Waals surface area contributed by atoms with E-state index in [1.807, 2.05) is 18.3 Å². The van der Waals surface area contributed by atoms with Crippen molar-refractivity contribution in [2.24, 2.45) is 0 Å². The number of imidazole rings is 1. The second-order valence-electron chi connectivity index (χ2n) is 6.55. The van der Waals surface area contributed by atoms with E-state index in [1.165, 1.54) is 44.3 Å². The van der Waals surface area contributed by atoms with E-state index in [9.17, 15) is 0 Å². The molecule has 0 bridgehead atoms. The van der Waals surface area contributed by atoms with Crippen LogP contribution in [0.15, 0.2) is 30.6 Å². The molecule has 4 nitrogen and oxygen atoms in total. The van der Waals surface area contributed by atoms with E-state index in [-0.39, 0.29) is 0 Å². The molecule has 1 aromatic heterocycles. The Morgan fingerprint density at radius 3 is 2.65 bits per heavy atom. The second-order valence-corrected chi connectivity index (χ2v) is 6.96. The van der Waals surface area contributed by atoms with Gasteiger partial charge in [0.2, 0.25) is 0 Å². The lowest BCUT2D eigenvalue weighted by molar-refractivity contribution is 0.304. The minimum Gasteiger partial charge on any atom is -0.497 e. The summed E-state index contributed by atoms with van der Waals surface area (Å²) >= 11 is 6.17. The van der Waals surface area contributed by atoms with Crippen LogP contribution in [-0.2, 0) is 13.0 Å². The van der Waals surface area contributed by atoms with Gasteiger partial charge in [-0.25, -0.2) is 4.98 Å². The van der Waals surface area contributed by atoms with Gasteiger partial charge in [-0.1, -0.05) is 44.2 Å². The topological polar surface area (TPSA) is 36.3 Å². The van der Waals surface area contributed by atoms with Crippen molar-refractivity contribution in [1.82, 2.24) is 9.55 Å².